The number of benzene rings is 2. The lowest BCUT2D eigenvalue weighted by atomic mass is 9.91. The molecule has 0 unspecified atom stereocenters. The number of fused-ring (bicyclic) bond motifs is 2. The van der Waals surface area contributed by atoms with Gasteiger partial charge in [-0.2, -0.15) is 5.10 Å². The van der Waals surface area contributed by atoms with Gasteiger partial charge in [-0.25, -0.2) is 4.39 Å². The van der Waals surface area contributed by atoms with Gasteiger partial charge in [0.25, 0.3) is 0 Å². The molecular weight excluding hydrogens is 379 g/mol. The van der Waals surface area contributed by atoms with Crippen molar-refractivity contribution in [2.24, 2.45) is 4.99 Å². The fourth-order valence-electron chi connectivity index (χ4n) is 3.85. The second kappa shape index (κ2) is 6.56. The first-order valence-electron chi connectivity index (χ1n) is 8.99. The molecule has 1 aromatic heterocycles. The summed E-state index contributed by atoms with van der Waals surface area (Å²) >= 11 is 5.88. The molecule has 3 heterocycles. The van der Waals surface area contributed by atoms with E-state index in [0.717, 1.165) is 39.1 Å². The van der Waals surface area contributed by atoms with Crippen molar-refractivity contribution < 1.29 is 9.18 Å². The Kier molecular flexibility index (Phi) is 4.02. The van der Waals surface area contributed by atoms with Crippen molar-refractivity contribution in [1.29, 1.82) is 0 Å². The van der Waals surface area contributed by atoms with Crippen LogP contribution in [0.25, 0.3) is 0 Å². The summed E-state index contributed by atoms with van der Waals surface area (Å²) in [5.74, 6) is -0.399. The normalized spacial score (nSPS) is 15.4. The van der Waals surface area contributed by atoms with E-state index in [1.807, 2.05) is 6.20 Å². The maximum Gasteiger partial charge on any atom is 0.227 e. The molecule has 7 heteroatoms. The molecule has 3 aromatic rings. The van der Waals surface area contributed by atoms with Crippen molar-refractivity contribution in [2.45, 2.75) is 26.1 Å². The Bertz CT molecular complexity index is 1120. The van der Waals surface area contributed by atoms with Gasteiger partial charge in [0.05, 0.1) is 29.9 Å². The van der Waals surface area contributed by atoms with Crippen LogP contribution in [0.3, 0.4) is 0 Å². The molecule has 0 radical (unpaired) electrons. The zero-order chi connectivity index (χ0) is 19.3. The van der Waals surface area contributed by atoms with E-state index < -0.39 is 5.82 Å². The number of aromatic amines is 1. The van der Waals surface area contributed by atoms with Gasteiger partial charge < -0.3 is 4.90 Å². The molecule has 28 heavy (non-hydrogen) atoms. The lowest BCUT2D eigenvalue weighted by molar-refractivity contribution is -0.132. The molecule has 2 aliphatic heterocycles. The molecule has 140 valence electrons. The number of nitrogens with one attached hydrogen (secondary N) is 1. The molecule has 1 N–H and O–H groups in total. The van der Waals surface area contributed by atoms with Gasteiger partial charge in [0.15, 0.2) is 0 Å². The first-order valence-corrected chi connectivity index (χ1v) is 9.36. The van der Waals surface area contributed by atoms with Crippen LogP contribution < -0.4 is 0 Å². The average molecular weight is 395 g/mol. The van der Waals surface area contributed by atoms with Crippen molar-refractivity contribution in [3.05, 3.63) is 86.9 Å². The summed E-state index contributed by atoms with van der Waals surface area (Å²) in [6.45, 7) is 1.53. The van der Waals surface area contributed by atoms with Gasteiger partial charge in [0.2, 0.25) is 5.91 Å². The van der Waals surface area contributed by atoms with E-state index in [1.54, 1.807) is 23.2 Å². The minimum absolute atomic E-state index is 0.0573. The topological polar surface area (TPSA) is 61.4 Å². The molecule has 1 amide bonds. The van der Waals surface area contributed by atoms with Crippen LogP contribution in [0, 0.1) is 5.82 Å². The number of amides is 1. The fourth-order valence-corrected chi connectivity index (χ4v) is 4.05. The standard InChI is InChI=1S/C21H16ClFN4O/c22-18-3-12(1-2-19(18)23)10-27-11-15-5-17-14(4-13(15)6-20(27)28)7-24-21(17)16-8-25-26-9-16/h1-5,8-9H,6-7,10-11H2,(H,25,26). The van der Waals surface area contributed by atoms with Gasteiger partial charge in [-0.15, -0.1) is 0 Å². The molecule has 0 bridgehead atoms. The molecule has 2 aliphatic rings. The van der Waals surface area contributed by atoms with E-state index in [0.29, 0.717) is 26.1 Å². The third-order valence-corrected chi connectivity index (χ3v) is 5.56. The number of hydrogen-bond acceptors (Lipinski definition) is 3. The summed E-state index contributed by atoms with van der Waals surface area (Å²) in [4.78, 5) is 19.1. The van der Waals surface area contributed by atoms with Gasteiger partial charge in [-0.3, -0.25) is 14.9 Å². The number of H-pyrrole nitrogens is 1. The summed E-state index contributed by atoms with van der Waals surface area (Å²) in [6.07, 6.45) is 3.96. The van der Waals surface area contributed by atoms with Crippen LogP contribution >= 0.6 is 11.6 Å². The number of halogens is 2. The number of rotatable bonds is 3. The molecule has 0 atom stereocenters. The highest BCUT2D eigenvalue weighted by Gasteiger charge is 2.27. The number of hydrogen-bond donors (Lipinski definition) is 1. The largest absolute Gasteiger partial charge is 0.334 e. The van der Waals surface area contributed by atoms with Crippen LogP contribution in [0.5, 0.6) is 0 Å². The molecular formula is C21H16ClFN4O. The third-order valence-electron chi connectivity index (χ3n) is 5.27. The Morgan fingerprint density at radius 1 is 1.18 bits per heavy atom. The third kappa shape index (κ3) is 2.90. The van der Waals surface area contributed by atoms with Crippen molar-refractivity contribution >= 4 is 23.2 Å². The predicted octanol–water partition coefficient (Wildman–Crippen LogP) is 3.64. The minimum Gasteiger partial charge on any atom is -0.334 e. The number of carbonyl (C=O) groups is 1. The first kappa shape index (κ1) is 17.1. The Balaban J connectivity index is 1.44. The second-order valence-corrected chi connectivity index (χ2v) is 7.51. The van der Waals surface area contributed by atoms with Crippen LogP contribution in [-0.2, 0) is 30.8 Å². The molecule has 0 saturated carbocycles. The van der Waals surface area contributed by atoms with Crippen LogP contribution in [-0.4, -0.2) is 26.7 Å². The van der Waals surface area contributed by atoms with Crippen molar-refractivity contribution in [3.8, 4) is 0 Å². The molecule has 0 aliphatic carbocycles. The van der Waals surface area contributed by atoms with Gasteiger partial charge in [0, 0.05) is 30.4 Å². The highest BCUT2D eigenvalue weighted by atomic mass is 35.5. The number of nitrogens with zero attached hydrogens (tertiary/aromatic N) is 3. The molecule has 2 aromatic carbocycles. The van der Waals surface area contributed by atoms with Gasteiger partial charge >= 0.3 is 0 Å². The van der Waals surface area contributed by atoms with Crippen LogP contribution in [0.15, 0.2) is 47.7 Å². The smallest absolute Gasteiger partial charge is 0.227 e. The zero-order valence-corrected chi connectivity index (χ0v) is 15.6. The van der Waals surface area contributed by atoms with Crippen LogP contribution in [0.4, 0.5) is 4.39 Å². The van der Waals surface area contributed by atoms with Crippen LogP contribution in [0.1, 0.15) is 33.4 Å². The summed E-state index contributed by atoms with van der Waals surface area (Å²) in [5.41, 5.74) is 7.11. The molecule has 5 rings (SSSR count). The van der Waals surface area contributed by atoms with E-state index >= 15 is 0 Å². The van der Waals surface area contributed by atoms with Gasteiger partial charge in [-0.1, -0.05) is 23.7 Å². The highest BCUT2D eigenvalue weighted by molar-refractivity contribution is 6.30. The Hall–Kier alpha value is -2.99. The van der Waals surface area contributed by atoms with E-state index in [4.69, 9.17) is 11.6 Å². The highest BCUT2D eigenvalue weighted by Crippen LogP contribution is 2.30. The summed E-state index contributed by atoms with van der Waals surface area (Å²) in [6, 6.07) is 8.81. The number of aliphatic imine (C=N–C) groups is 1. The Morgan fingerprint density at radius 2 is 2.07 bits per heavy atom. The zero-order valence-electron chi connectivity index (χ0n) is 14.9. The molecule has 0 spiro atoms. The summed E-state index contributed by atoms with van der Waals surface area (Å²) < 4.78 is 13.4. The van der Waals surface area contributed by atoms with Crippen LogP contribution in [0.2, 0.25) is 5.02 Å². The summed E-state index contributed by atoms with van der Waals surface area (Å²) in [5, 5.41) is 6.91. The summed E-state index contributed by atoms with van der Waals surface area (Å²) in [7, 11) is 0. The van der Waals surface area contributed by atoms with E-state index in [-0.39, 0.29) is 10.9 Å². The molecule has 0 saturated heterocycles. The van der Waals surface area contributed by atoms with Crippen molar-refractivity contribution in [2.75, 3.05) is 0 Å². The SMILES string of the molecule is O=C1Cc2cc3c(cc2CN1Cc1ccc(F)c(Cl)c1)C(c1cn[nH]c1)=NC3. The lowest BCUT2D eigenvalue weighted by Crippen LogP contribution is -2.35. The van der Waals surface area contributed by atoms with E-state index in [2.05, 4.69) is 27.3 Å². The number of carbonyl (C=O) groups excluding carboxylic acids is 1. The monoisotopic (exact) mass is 394 g/mol. The quantitative estimate of drug-likeness (QED) is 0.737. The van der Waals surface area contributed by atoms with Crippen molar-refractivity contribution in [3.63, 3.8) is 0 Å². The molecule has 5 nitrogen and oxygen atoms in total. The molecule has 0 fully saturated rings. The lowest BCUT2D eigenvalue weighted by Gasteiger charge is -2.29. The van der Waals surface area contributed by atoms with Gasteiger partial charge in [-0.05, 0) is 40.5 Å². The Morgan fingerprint density at radius 3 is 2.86 bits per heavy atom. The van der Waals surface area contributed by atoms with E-state index in [1.165, 1.54) is 6.07 Å². The van der Waals surface area contributed by atoms with Crippen molar-refractivity contribution in [1.82, 2.24) is 15.1 Å². The first-order chi connectivity index (χ1) is 13.6. The average Bonchev–Trinajstić information content (AvgIpc) is 3.33. The van der Waals surface area contributed by atoms with Gasteiger partial charge in [0.1, 0.15) is 5.82 Å². The maximum atomic E-state index is 13.4. The van der Waals surface area contributed by atoms with E-state index in [9.17, 15) is 9.18 Å². The second-order valence-electron chi connectivity index (χ2n) is 7.10. The minimum atomic E-state index is -0.456. The maximum absolute atomic E-state index is 13.4. The Labute approximate surface area is 165 Å². The number of aromatic nitrogens is 2. The predicted molar refractivity (Wildman–Crippen MR) is 104 cm³/mol. The fraction of sp³-hybridized carbons (Fsp3) is 0.190.